The van der Waals surface area contributed by atoms with Gasteiger partial charge in [-0.2, -0.15) is 0 Å². The fourth-order valence-corrected chi connectivity index (χ4v) is 3.79. The number of aryl methyl sites for hydroxylation is 1. The molecule has 0 spiro atoms. The first-order valence-electron chi connectivity index (χ1n) is 8.84. The number of fused-ring (bicyclic) bond motifs is 3. The highest BCUT2D eigenvalue weighted by molar-refractivity contribution is 5.95. The van der Waals surface area contributed by atoms with Gasteiger partial charge in [-0.05, 0) is 38.2 Å². The number of nitrogens with zero attached hydrogens (tertiary/aromatic N) is 2. The fraction of sp³-hybridized carbons (Fsp3) is 0.450. The number of carbonyl (C=O) groups is 1. The van der Waals surface area contributed by atoms with Crippen LogP contribution >= 0.6 is 0 Å². The van der Waals surface area contributed by atoms with Gasteiger partial charge in [0.2, 0.25) is 0 Å². The van der Waals surface area contributed by atoms with Crippen LogP contribution in [0.15, 0.2) is 40.8 Å². The maximum absolute atomic E-state index is 13.1. The van der Waals surface area contributed by atoms with Gasteiger partial charge in [0.05, 0.1) is 19.3 Å². The number of rotatable bonds is 2. The second-order valence-electron chi connectivity index (χ2n) is 7.20. The molecule has 132 valence electrons. The van der Waals surface area contributed by atoms with Crippen molar-refractivity contribution < 1.29 is 13.9 Å². The molecular weight excluding hydrogens is 316 g/mol. The monoisotopic (exact) mass is 340 g/mol. The molecule has 1 aromatic carbocycles. The number of furan rings is 1. The highest BCUT2D eigenvalue weighted by Crippen LogP contribution is 2.25. The van der Waals surface area contributed by atoms with Crippen LogP contribution in [0.5, 0.6) is 0 Å². The van der Waals surface area contributed by atoms with Crippen molar-refractivity contribution in [3.05, 3.63) is 47.7 Å². The summed E-state index contributed by atoms with van der Waals surface area (Å²) < 4.78 is 11.4. The Morgan fingerprint density at radius 2 is 2.00 bits per heavy atom. The zero-order valence-electron chi connectivity index (χ0n) is 14.8. The van der Waals surface area contributed by atoms with E-state index in [1.165, 1.54) is 0 Å². The van der Waals surface area contributed by atoms with E-state index in [1.807, 2.05) is 48.2 Å². The first kappa shape index (κ1) is 16.4. The van der Waals surface area contributed by atoms with E-state index in [0.717, 1.165) is 48.9 Å². The van der Waals surface area contributed by atoms with Gasteiger partial charge in [0, 0.05) is 36.7 Å². The molecule has 2 aromatic rings. The van der Waals surface area contributed by atoms with Crippen molar-refractivity contribution in [3.8, 4) is 11.3 Å². The van der Waals surface area contributed by atoms with Crippen LogP contribution in [-0.4, -0.2) is 61.6 Å². The van der Waals surface area contributed by atoms with Crippen molar-refractivity contribution in [2.24, 2.45) is 5.92 Å². The van der Waals surface area contributed by atoms with Crippen molar-refractivity contribution in [2.45, 2.75) is 13.0 Å². The van der Waals surface area contributed by atoms with Crippen LogP contribution in [0, 0.1) is 12.8 Å². The molecule has 0 N–H and O–H groups in total. The predicted octanol–water partition coefficient (Wildman–Crippen LogP) is 2.66. The average molecular weight is 340 g/mol. The lowest BCUT2D eigenvalue weighted by molar-refractivity contribution is 0.0434. The maximum Gasteiger partial charge on any atom is 0.253 e. The van der Waals surface area contributed by atoms with E-state index < -0.39 is 0 Å². The third-order valence-electron chi connectivity index (χ3n) is 5.16. The van der Waals surface area contributed by atoms with Crippen LogP contribution in [0.25, 0.3) is 11.3 Å². The molecule has 2 bridgehead atoms. The van der Waals surface area contributed by atoms with Gasteiger partial charge in [-0.1, -0.05) is 12.1 Å². The van der Waals surface area contributed by atoms with Crippen molar-refractivity contribution >= 4 is 5.91 Å². The van der Waals surface area contributed by atoms with Gasteiger partial charge in [-0.15, -0.1) is 0 Å². The van der Waals surface area contributed by atoms with E-state index in [0.29, 0.717) is 12.5 Å². The molecule has 3 heterocycles. The number of ether oxygens (including phenoxy) is 1. The van der Waals surface area contributed by atoms with Crippen LogP contribution in [0.1, 0.15) is 16.1 Å². The van der Waals surface area contributed by atoms with E-state index in [2.05, 4.69) is 11.9 Å². The summed E-state index contributed by atoms with van der Waals surface area (Å²) in [6, 6.07) is 11.9. The smallest absolute Gasteiger partial charge is 0.253 e. The minimum absolute atomic E-state index is 0.0947. The molecule has 1 amide bonds. The number of benzene rings is 1. The highest BCUT2D eigenvalue weighted by atomic mass is 16.5. The van der Waals surface area contributed by atoms with Gasteiger partial charge in [-0.25, -0.2) is 0 Å². The molecule has 2 aliphatic rings. The highest BCUT2D eigenvalue weighted by Gasteiger charge is 2.33. The topological polar surface area (TPSA) is 45.9 Å². The molecule has 2 atom stereocenters. The molecule has 2 fully saturated rings. The van der Waals surface area contributed by atoms with E-state index in [9.17, 15) is 4.79 Å². The lowest BCUT2D eigenvalue weighted by atomic mass is 10.1. The summed E-state index contributed by atoms with van der Waals surface area (Å²) in [7, 11) is 2.13. The minimum atomic E-state index is 0.0947. The summed E-state index contributed by atoms with van der Waals surface area (Å²) in [6.45, 7) is 5.81. The molecule has 4 rings (SSSR count). The average Bonchev–Trinajstić information content (AvgIpc) is 2.87. The third-order valence-corrected chi connectivity index (χ3v) is 5.16. The summed E-state index contributed by atoms with van der Waals surface area (Å²) in [6.07, 6.45) is 0. The third kappa shape index (κ3) is 3.34. The molecule has 5 nitrogen and oxygen atoms in total. The quantitative estimate of drug-likeness (QED) is 0.843. The minimum Gasteiger partial charge on any atom is -0.461 e. The molecule has 5 heteroatoms. The van der Waals surface area contributed by atoms with Crippen molar-refractivity contribution in [1.29, 1.82) is 0 Å². The van der Waals surface area contributed by atoms with Gasteiger partial charge < -0.3 is 14.1 Å². The second-order valence-corrected chi connectivity index (χ2v) is 7.20. The van der Waals surface area contributed by atoms with E-state index in [-0.39, 0.29) is 11.9 Å². The van der Waals surface area contributed by atoms with Crippen LogP contribution in [0.4, 0.5) is 0 Å². The molecule has 2 saturated heterocycles. The van der Waals surface area contributed by atoms with E-state index in [1.54, 1.807) is 0 Å². The van der Waals surface area contributed by atoms with Gasteiger partial charge in [0.1, 0.15) is 11.5 Å². The van der Waals surface area contributed by atoms with E-state index >= 15 is 0 Å². The zero-order chi connectivity index (χ0) is 17.4. The molecule has 0 unspecified atom stereocenters. The summed E-state index contributed by atoms with van der Waals surface area (Å²) >= 11 is 0. The number of hydrogen-bond donors (Lipinski definition) is 0. The Bertz CT molecular complexity index is 770. The van der Waals surface area contributed by atoms with Gasteiger partial charge in [-0.3, -0.25) is 9.69 Å². The van der Waals surface area contributed by atoms with Crippen molar-refractivity contribution in [3.63, 3.8) is 0 Å². The Hall–Kier alpha value is -2.11. The summed E-state index contributed by atoms with van der Waals surface area (Å²) in [5.74, 6) is 2.14. The number of amides is 1. The second kappa shape index (κ2) is 6.65. The molecular formula is C20H24N2O3. The first-order chi connectivity index (χ1) is 12.1. The maximum atomic E-state index is 13.1. The first-order valence-corrected chi connectivity index (χ1v) is 8.84. The summed E-state index contributed by atoms with van der Waals surface area (Å²) in [4.78, 5) is 17.4. The van der Waals surface area contributed by atoms with E-state index in [4.69, 9.17) is 9.15 Å². The Morgan fingerprint density at radius 1 is 1.12 bits per heavy atom. The summed E-state index contributed by atoms with van der Waals surface area (Å²) in [5.41, 5.74) is 1.66. The molecule has 0 radical (unpaired) electrons. The molecule has 25 heavy (non-hydrogen) atoms. The van der Waals surface area contributed by atoms with Crippen molar-refractivity contribution in [2.75, 3.05) is 39.9 Å². The summed E-state index contributed by atoms with van der Waals surface area (Å²) in [5, 5.41) is 0. The molecule has 1 aromatic heterocycles. The fourth-order valence-electron chi connectivity index (χ4n) is 3.79. The molecule has 2 aliphatic heterocycles. The SMILES string of the molecule is Cc1ccc(-c2cccc(C(=O)N3C[C@@H]4COC[C@H](C3)N(C)C4)c2)o1. The Labute approximate surface area is 148 Å². The predicted molar refractivity (Wildman–Crippen MR) is 95.5 cm³/mol. The largest absolute Gasteiger partial charge is 0.461 e. The number of carbonyl (C=O) groups excluding carboxylic acids is 1. The van der Waals surface area contributed by atoms with Gasteiger partial charge in [0.25, 0.3) is 5.91 Å². The lowest BCUT2D eigenvalue weighted by Gasteiger charge is -2.30. The number of hydrogen-bond acceptors (Lipinski definition) is 4. The van der Waals surface area contributed by atoms with Gasteiger partial charge >= 0.3 is 0 Å². The van der Waals surface area contributed by atoms with Gasteiger partial charge in [0.15, 0.2) is 0 Å². The Balaban J connectivity index is 1.58. The van der Waals surface area contributed by atoms with Crippen LogP contribution in [0.2, 0.25) is 0 Å². The van der Waals surface area contributed by atoms with Crippen LogP contribution < -0.4 is 0 Å². The normalized spacial score (nSPS) is 24.2. The molecule has 0 saturated carbocycles. The molecule has 0 aliphatic carbocycles. The van der Waals surface area contributed by atoms with Crippen molar-refractivity contribution in [1.82, 2.24) is 9.80 Å². The zero-order valence-corrected chi connectivity index (χ0v) is 14.8. The van der Waals surface area contributed by atoms with Crippen LogP contribution in [-0.2, 0) is 4.74 Å². The standard InChI is InChI=1S/C20H24N2O3/c1-14-6-7-19(25-14)16-4-3-5-17(8-16)20(23)22-10-15-9-21(2)18(11-22)13-24-12-15/h3-8,15,18H,9-13H2,1-2H3/t15-,18+/m1/s1. The Morgan fingerprint density at radius 3 is 2.80 bits per heavy atom. The van der Waals surface area contributed by atoms with Crippen LogP contribution in [0.3, 0.4) is 0 Å². The lowest BCUT2D eigenvalue weighted by Crippen LogP contribution is -2.44. The number of likely N-dealkylation sites (N-methyl/N-ethyl adjacent to an activating group) is 1. The Kier molecular flexibility index (Phi) is 4.36.